The van der Waals surface area contributed by atoms with E-state index in [-0.39, 0.29) is 29.6 Å². The molecule has 0 aromatic carbocycles. The molecule has 0 radical (unpaired) electrons. The van der Waals surface area contributed by atoms with Gasteiger partial charge in [-0.25, -0.2) is 4.68 Å². The van der Waals surface area contributed by atoms with Gasteiger partial charge in [-0.2, -0.15) is 13.2 Å². The lowest BCUT2D eigenvalue weighted by Gasteiger charge is -2.38. The van der Waals surface area contributed by atoms with Crippen LogP contribution in [0, 0.1) is 0 Å². The topological polar surface area (TPSA) is 73.1 Å². The van der Waals surface area contributed by atoms with Crippen LogP contribution in [0.3, 0.4) is 0 Å². The summed E-state index contributed by atoms with van der Waals surface area (Å²) < 4.78 is 45.0. The number of pyridine rings is 1. The van der Waals surface area contributed by atoms with E-state index in [2.05, 4.69) is 15.3 Å². The minimum absolute atomic E-state index is 0.0358. The predicted octanol–water partition coefficient (Wildman–Crippen LogP) is 2.85. The van der Waals surface area contributed by atoms with Crippen LogP contribution in [0.15, 0.2) is 24.5 Å². The Morgan fingerprint density at radius 2 is 1.93 bits per heavy atom. The van der Waals surface area contributed by atoms with Gasteiger partial charge in [-0.05, 0) is 37.8 Å². The highest BCUT2D eigenvalue weighted by Gasteiger charge is 2.44. The average molecular weight is 395 g/mol. The predicted molar refractivity (Wildman–Crippen MR) is 91.2 cm³/mol. The number of rotatable bonds is 4. The number of carbonyl (C=O) groups excluding carboxylic acids is 1. The van der Waals surface area contributed by atoms with Crippen LogP contribution in [-0.4, -0.2) is 50.0 Å². The Hall–Kier alpha value is -2.49. The lowest BCUT2D eigenvalue weighted by molar-refractivity contribution is -0.141. The van der Waals surface area contributed by atoms with Gasteiger partial charge in [-0.3, -0.25) is 9.78 Å². The number of ether oxygens (including phenoxy) is 1. The molecule has 4 heterocycles. The molecule has 2 bridgehead atoms. The van der Waals surface area contributed by atoms with Crippen LogP contribution >= 0.6 is 0 Å². The normalized spacial score (nSPS) is 24.6. The van der Waals surface area contributed by atoms with E-state index in [0.717, 1.165) is 43.6 Å². The SMILES string of the molecule is COCc1cn(C2CC3CCC(C2)N3C(=O)c2ccc(C(F)(F)F)nc2)nn1. The van der Waals surface area contributed by atoms with Crippen LogP contribution in [0.25, 0.3) is 0 Å². The van der Waals surface area contributed by atoms with E-state index in [1.165, 1.54) is 6.07 Å². The molecule has 0 saturated carbocycles. The van der Waals surface area contributed by atoms with Gasteiger partial charge in [0.15, 0.2) is 0 Å². The number of halogens is 3. The van der Waals surface area contributed by atoms with Crippen molar-refractivity contribution in [3.05, 3.63) is 41.5 Å². The number of piperidine rings is 1. The minimum Gasteiger partial charge on any atom is -0.378 e. The Morgan fingerprint density at radius 3 is 2.50 bits per heavy atom. The van der Waals surface area contributed by atoms with Gasteiger partial charge < -0.3 is 9.64 Å². The summed E-state index contributed by atoms with van der Waals surface area (Å²) in [6.45, 7) is 0.394. The summed E-state index contributed by atoms with van der Waals surface area (Å²) in [7, 11) is 1.60. The second kappa shape index (κ2) is 7.16. The van der Waals surface area contributed by atoms with Gasteiger partial charge in [0.1, 0.15) is 11.4 Å². The Balaban J connectivity index is 1.48. The number of amides is 1. The van der Waals surface area contributed by atoms with Crippen molar-refractivity contribution in [3.8, 4) is 0 Å². The number of hydrogen-bond donors (Lipinski definition) is 0. The first kappa shape index (κ1) is 18.9. The van der Waals surface area contributed by atoms with Crippen molar-refractivity contribution in [1.82, 2.24) is 24.9 Å². The minimum atomic E-state index is -4.52. The summed E-state index contributed by atoms with van der Waals surface area (Å²) in [6.07, 6.45) is 1.60. The molecule has 0 aliphatic carbocycles. The van der Waals surface area contributed by atoms with Gasteiger partial charge in [0.25, 0.3) is 5.91 Å². The molecule has 10 heteroatoms. The third kappa shape index (κ3) is 3.48. The molecular formula is C18H20F3N5O2. The van der Waals surface area contributed by atoms with Crippen molar-refractivity contribution < 1.29 is 22.7 Å². The zero-order chi connectivity index (χ0) is 19.9. The second-order valence-electron chi connectivity index (χ2n) is 7.28. The standard InChI is InChI=1S/C18H20F3N5O2/c1-28-10-12-9-25(24-23-12)15-6-13-3-4-14(7-15)26(13)17(27)11-2-5-16(22-8-11)18(19,20)21/h2,5,8-9,13-15H,3-4,6-7,10H2,1H3. The summed E-state index contributed by atoms with van der Waals surface area (Å²) in [6, 6.07) is 2.28. The molecule has 2 fully saturated rings. The van der Waals surface area contributed by atoms with Crippen molar-refractivity contribution in [2.75, 3.05) is 7.11 Å². The van der Waals surface area contributed by atoms with Crippen LogP contribution in [-0.2, 0) is 17.5 Å². The Bertz CT molecular complexity index is 838. The average Bonchev–Trinajstić information content (AvgIpc) is 3.23. The maximum absolute atomic E-state index is 12.9. The van der Waals surface area contributed by atoms with E-state index in [4.69, 9.17) is 4.74 Å². The molecule has 7 nitrogen and oxygen atoms in total. The Morgan fingerprint density at radius 1 is 1.21 bits per heavy atom. The monoisotopic (exact) mass is 395 g/mol. The Kier molecular flexibility index (Phi) is 4.82. The fourth-order valence-corrected chi connectivity index (χ4v) is 4.24. The largest absolute Gasteiger partial charge is 0.433 e. The zero-order valence-electron chi connectivity index (χ0n) is 15.3. The number of aromatic nitrogens is 4. The highest BCUT2D eigenvalue weighted by atomic mass is 19.4. The fraction of sp³-hybridized carbons (Fsp3) is 0.556. The first-order valence-corrected chi connectivity index (χ1v) is 9.12. The van der Waals surface area contributed by atoms with Gasteiger partial charge in [-0.1, -0.05) is 5.21 Å². The van der Waals surface area contributed by atoms with E-state index < -0.39 is 11.9 Å². The van der Waals surface area contributed by atoms with Crippen molar-refractivity contribution >= 4 is 5.91 Å². The molecule has 0 spiro atoms. The maximum Gasteiger partial charge on any atom is 0.433 e. The van der Waals surface area contributed by atoms with Crippen molar-refractivity contribution in [2.24, 2.45) is 0 Å². The van der Waals surface area contributed by atoms with Crippen LogP contribution in [0.1, 0.15) is 53.5 Å². The molecule has 2 saturated heterocycles. The van der Waals surface area contributed by atoms with Gasteiger partial charge >= 0.3 is 6.18 Å². The molecule has 2 aliphatic rings. The smallest absolute Gasteiger partial charge is 0.378 e. The highest BCUT2D eigenvalue weighted by molar-refractivity contribution is 5.94. The van der Waals surface area contributed by atoms with Crippen molar-refractivity contribution in [2.45, 2.75) is 56.6 Å². The first-order valence-electron chi connectivity index (χ1n) is 9.12. The molecule has 1 amide bonds. The maximum atomic E-state index is 12.9. The summed E-state index contributed by atoms with van der Waals surface area (Å²) in [4.78, 5) is 18.1. The molecule has 2 unspecified atom stereocenters. The van der Waals surface area contributed by atoms with Crippen molar-refractivity contribution in [3.63, 3.8) is 0 Å². The van der Waals surface area contributed by atoms with Gasteiger partial charge in [0.2, 0.25) is 0 Å². The van der Waals surface area contributed by atoms with Crippen LogP contribution in [0.4, 0.5) is 13.2 Å². The molecule has 2 atom stereocenters. The molecule has 2 aromatic rings. The molecule has 0 N–H and O–H groups in total. The number of carbonyl (C=O) groups is 1. The number of fused-ring (bicyclic) bond motifs is 2. The van der Waals surface area contributed by atoms with E-state index in [0.29, 0.717) is 6.61 Å². The van der Waals surface area contributed by atoms with Crippen molar-refractivity contribution in [1.29, 1.82) is 0 Å². The third-order valence-corrected chi connectivity index (χ3v) is 5.47. The summed E-state index contributed by atoms with van der Waals surface area (Å²) in [5, 5.41) is 8.27. The van der Waals surface area contributed by atoms with Gasteiger partial charge in [0.05, 0.1) is 24.4 Å². The number of methoxy groups -OCH3 is 1. The molecular weight excluding hydrogens is 375 g/mol. The number of hydrogen-bond acceptors (Lipinski definition) is 5. The summed E-state index contributed by atoms with van der Waals surface area (Å²) in [5.41, 5.74) is -0.0561. The van der Waals surface area contributed by atoms with E-state index in [9.17, 15) is 18.0 Å². The quantitative estimate of drug-likeness (QED) is 0.796. The van der Waals surface area contributed by atoms with Crippen LogP contribution < -0.4 is 0 Å². The van der Waals surface area contributed by atoms with Crippen LogP contribution in [0.5, 0.6) is 0 Å². The van der Waals surface area contributed by atoms with E-state index >= 15 is 0 Å². The first-order chi connectivity index (χ1) is 13.4. The lowest BCUT2D eigenvalue weighted by atomic mass is 9.96. The second-order valence-corrected chi connectivity index (χ2v) is 7.28. The Labute approximate surface area is 159 Å². The van der Waals surface area contributed by atoms with Gasteiger partial charge in [-0.15, -0.1) is 5.10 Å². The molecule has 150 valence electrons. The lowest BCUT2D eigenvalue weighted by Crippen LogP contribution is -2.47. The summed E-state index contributed by atoms with van der Waals surface area (Å²) >= 11 is 0. The molecule has 28 heavy (non-hydrogen) atoms. The molecule has 4 rings (SSSR count). The number of nitrogens with zero attached hydrogens (tertiary/aromatic N) is 5. The van der Waals surface area contributed by atoms with E-state index in [1.54, 1.807) is 7.11 Å². The molecule has 2 aliphatic heterocycles. The third-order valence-electron chi connectivity index (χ3n) is 5.47. The zero-order valence-corrected chi connectivity index (χ0v) is 15.3. The van der Waals surface area contributed by atoms with E-state index in [1.807, 2.05) is 15.8 Å². The number of alkyl halides is 3. The van der Waals surface area contributed by atoms with Gasteiger partial charge in [0, 0.05) is 25.4 Å². The molecule has 2 aromatic heterocycles. The highest BCUT2D eigenvalue weighted by Crippen LogP contribution is 2.41. The van der Waals surface area contributed by atoms with Crippen LogP contribution in [0.2, 0.25) is 0 Å². The summed E-state index contributed by atoms with van der Waals surface area (Å²) in [5.74, 6) is -0.258. The fourth-order valence-electron chi connectivity index (χ4n) is 4.24.